The smallest absolute Gasteiger partial charge is 0.207 e. The lowest BCUT2D eigenvalue weighted by Gasteiger charge is -2.24. The van der Waals surface area contributed by atoms with Crippen LogP contribution in [0.4, 0.5) is 0 Å². The quantitative estimate of drug-likeness (QED) is 0.808. The first-order valence-electron chi connectivity index (χ1n) is 6.15. The van der Waals surface area contributed by atoms with Crippen molar-refractivity contribution in [2.45, 2.75) is 36.6 Å². The molecule has 0 aromatic heterocycles. The van der Waals surface area contributed by atoms with E-state index in [0.717, 1.165) is 19.3 Å². The van der Waals surface area contributed by atoms with Crippen molar-refractivity contribution in [2.24, 2.45) is 5.92 Å². The molecule has 0 bridgehead atoms. The molecule has 2 atom stereocenters. The maximum atomic E-state index is 12.6. The number of rotatable bonds is 2. The van der Waals surface area contributed by atoms with Crippen LogP contribution in [0.1, 0.15) is 26.2 Å². The minimum atomic E-state index is -3.28. The van der Waals surface area contributed by atoms with Crippen LogP contribution >= 0.6 is 0 Å². The van der Waals surface area contributed by atoms with Crippen LogP contribution in [-0.2, 0) is 10.0 Å². The molecular weight excluding hydrogens is 234 g/mol. The van der Waals surface area contributed by atoms with E-state index in [2.05, 4.69) is 6.92 Å². The summed E-state index contributed by atoms with van der Waals surface area (Å²) in [6, 6.07) is 8.79. The second kappa shape index (κ2) is 3.56. The van der Waals surface area contributed by atoms with E-state index in [1.165, 1.54) is 0 Å². The monoisotopic (exact) mass is 251 g/mol. The summed E-state index contributed by atoms with van der Waals surface area (Å²) in [4.78, 5) is 0.431. The van der Waals surface area contributed by atoms with Crippen molar-refractivity contribution in [2.75, 3.05) is 6.54 Å². The van der Waals surface area contributed by atoms with Crippen LogP contribution in [0.3, 0.4) is 0 Å². The third-order valence-corrected chi connectivity index (χ3v) is 6.21. The molecule has 1 spiro atoms. The van der Waals surface area contributed by atoms with E-state index < -0.39 is 10.0 Å². The van der Waals surface area contributed by atoms with E-state index in [-0.39, 0.29) is 5.54 Å². The summed E-state index contributed by atoms with van der Waals surface area (Å²) in [5.41, 5.74) is -0.0469. The second-order valence-corrected chi connectivity index (χ2v) is 7.06. The van der Waals surface area contributed by atoms with Crippen molar-refractivity contribution < 1.29 is 8.42 Å². The summed E-state index contributed by atoms with van der Waals surface area (Å²) < 4.78 is 26.9. The van der Waals surface area contributed by atoms with Gasteiger partial charge in [0.1, 0.15) is 0 Å². The van der Waals surface area contributed by atoms with Gasteiger partial charge in [-0.1, -0.05) is 25.1 Å². The van der Waals surface area contributed by atoms with Gasteiger partial charge in [-0.05, 0) is 37.3 Å². The normalized spacial score (nSPS) is 33.1. The zero-order chi connectivity index (χ0) is 12.1. The molecule has 17 heavy (non-hydrogen) atoms. The molecule has 3 rings (SSSR count). The molecule has 1 aromatic rings. The van der Waals surface area contributed by atoms with Crippen molar-refractivity contribution in [3.05, 3.63) is 30.3 Å². The van der Waals surface area contributed by atoms with Crippen LogP contribution in [0.5, 0.6) is 0 Å². The summed E-state index contributed by atoms with van der Waals surface area (Å²) in [5.74, 6) is 0.517. The van der Waals surface area contributed by atoms with E-state index in [9.17, 15) is 8.42 Å². The first kappa shape index (κ1) is 11.2. The van der Waals surface area contributed by atoms with Gasteiger partial charge in [0.25, 0.3) is 0 Å². The van der Waals surface area contributed by atoms with Crippen LogP contribution in [-0.4, -0.2) is 24.8 Å². The average Bonchev–Trinajstić information content (AvgIpc) is 2.76. The van der Waals surface area contributed by atoms with Crippen molar-refractivity contribution in [3.8, 4) is 0 Å². The van der Waals surface area contributed by atoms with Gasteiger partial charge >= 0.3 is 0 Å². The minimum absolute atomic E-state index is 0.0469. The van der Waals surface area contributed by atoms with Crippen molar-refractivity contribution in [3.63, 3.8) is 0 Å². The number of hydrogen-bond acceptors (Lipinski definition) is 2. The van der Waals surface area contributed by atoms with Crippen LogP contribution in [0.25, 0.3) is 0 Å². The number of hydrogen-bond donors (Lipinski definition) is 0. The van der Waals surface area contributed by atoms with Crippen molar-refractivity contribution >= 4 is 10.0 Å². The van der Waals surface area contributed by atoms with E-state index in [4.69, 9.17) is 0 Å². The molecule has 92 valence electrons. The molecule has 0 amide bonds. The molecule has 3 nitrogen and oxygen atoms in total. The van der Waals surface area contributed by atoms with Crippen LogP contribution in [0.15, 0.2) is 35.2 Å². The third kappa shape index (κ3) is 1.54. The predicted molar refractivity (Wildman–Crippen MR) is 66.1 cm³/mol. The van der Waals surface area contributed by atoms with Gasteiger partial charge in [-0.25, -0.2) is 8.42 Å². The summed E-state index contributed by atoms with van der Waals surface area (Å²) in [6.45, 7) is 2.83. The van der Waals surface area contributed by atoms with Gasteiger partial charge in [-0.2, -0.15) is 4.31 Å². The molecule has 1 saturated heterocycles. The highest BCUT2D eigenvalue weighted by molar-refractivity contribution is 7.89. The Morgan fingerprint density at radius 3 is 2.53 bits per heavy atom. The second-order valence-electron chi connectivity index (χ2n) is 5.20. The lowest BCUT2D eigenvalue weighted by molar-refractivity contribution is 0.351. The Hall–Kier alpha value is -0.870. The van der Waals surface area contributed by atoms with Crippen LogP contribution in [0, 0.1) is 5.92 Å². The van der Waals surface area contributed by atoms with Crippen LogP contribution < -0.4 is 0 Å². The molecule has 0 radical (unpaired) electrons. The average molecular weight is 251 g/mol. The predicted octanol–water partition coefficient (Wildman–Crippen LogP) is 2.25. The Kier molecular flexibility index (Phi) is 2.35. The molecule has 1 aliphatic heterocycles. The molecular formula is C13H17NO2S. The fourth-order valence-corrected chi connectivity index (χ4v) is 5.07. The molecule has 1 saturated carbocycles. The summed E-state index contributed by atoms with van der Waals surface area (Å²) in [5, 5.41) is 0. The number of sulfonamides is 1. The van der Waals surface area contributed by atoms with E-state index in [1.807, 2.05) is 6.07 Å². The highest BCUT2D eigenvalue weighted by atomic mass is 32.2. The highest BCUT2D eigenvalue weighted by Gasteiger charge is 2.61. The van der Waals surface area contributed by atoms with Gasteiger partial charge in [-0.15, -0.1) is 0 Å². The molecule has 1 unspecified atom stereocenters. The highest BCUT2D eigenvalue weighted by Crippen LogP contribution is 2.56. The first-order valence-corrected chi connectivity index (χ1v) is 7.59. The van der Waals surface area contributed by atoms with Crippen LogP contribution in [0.2, 0.25) is 0 Å². The fraction of sp³-hybridized carbons (Fsp3) is 0.538. The topological polar surface area (TPSA) is 37.4 Å². The van der Waals surface area contributed by atoms with Gasteiger partial charge in [0, 0.05) is 12.1 Å². The standard InChI is InChI=1S/C13H17NO2S/c1-11-10-13(11)8-5-9-14(13)17(15,16)12-6-3-2-4-7-12/h2-4,6-7,11H,5,8-10H2,1H3/t11-,13?/m1/s1. The summed E-state index contributed by atoms with van der Waals surface area (Å²) in [7, 11) is -3.28. The Labute approximate surface area is 102 Å². The Balaban J connectivity index is 2.00. The lowest BCUT2D eigenvalue weighted by atomic mass is 10.2. The van der Waals surface area contributed by atoms with Gasteiger partial charge in [0.05, 0.1) is 4.90 Å². The first-order chi connectivity index (χ1) is 8.07. The minimum Gasteiger partial charge on any atom is -0.207 e. The fourth-order valence-electron chi connectivity index (χ4n) is 3.12. The maximum absolute atomic E-state index is 12.6. The summed E-state index contributed by atoms with van der Waals surface area (Å²) >= 11 is 0. The Bertz CT molecular complexity index is 526. The van der Waals surface area contributed by atoms with Gasteiger partial charge in [-0.3, -0.25) is 0 Å². The van der Waals surface area contributed by atoms with Gasteiger partial charge in [0.2, 0.25) is 10.0 Å². The molecule has 1 aliphatic carbocycles. The maximum Gasteiger partial charge on any atom is 0.243 e. The molecule has 1 aromatic carbocycles. The molecule has 2 aliphatic rings. The molecule has 0 N–H and O–H groups in total. The van der Waals surface area contributed by atoms with E-state index in [0.29, 0.717) is 17.4 Å². The SMILES string of the molecule is C[C@@H]1CC12CCCN2S(=O)(=O)c1ccccc1. The van der Waals surface area contributed by atoms with Gasteiger partial charge < -0.3 is 0 Å². The third-order valence-electron chi connectivity index (χ3n) is 4.22. The Morgan fingerprint density at radius 1 is 1.29 bits per heavy atom. The van der Waals surface area contributed by atoms with Crippen molar-refractivity contribution in [1.29, 1.82) is 0 Å². The van der Waals surface area contributed by atoms with E-state index in [1.54, 1.807) is 28.6 Å². The largest absolute Gasteiger partial charge is 0.243 e. The zero-order valence-corrected chi connectivity index (χ0v) is 10.8. The number of nitrogens with zero attached hydrogens (tertiary/aromatic N) is 1. The van der Waals surface area contributed by atoms with E-state index >= 15 is 0 Å². The zero-order valence-electron chi connectivity index (χ0n) is 9.96. The van der Waals surface area contributed by atoms with Crippen molar-refractivity contribution in [1.82, 2.24) is 4.31 Å². The summed E-state index contributed by atoms with van der Waals surface area (Å²) in [6.07, 6.45) is 3.05. The molecule has 4 heteroatoms. The van der Waals surface area contributed by atoms with Gasteiger partial charge in [0.15, 0.2) is 0 Å². The lowest BCUT2D eigenvalue weighted by Crippen LogP contribution is -2.38. The molecule has 1 heterocycles. The molecule has 2 fully saturated rings. The number of benzene rings is 1. The Morgan fingerprint density at radius 2 is 1.94 bits per heavy atom.